The van der Waals surface area contributed by atoms with E-state index >= 15 is 0 Å². The van der Waals surface area contributed by atoms with Crippen molar-refractivity contribution in [3.8, 4) is 11.1 Å². The van der Waals surface area contributed by atoms with Crippen LogP contribution in [0.3, 0.4) is 0 Å². The van der Waals surface area contributed by atoms with Crippen LogP contribution in [0.2, 0.25) is 0 Å². The second-order valence-corrected chi connectivity index (χ2v) is 5.74. The molecule has 2 N–H and O–H groups in total. The van der Waals surface area contributed by atoms with Crippen molar-refractivity contribution >= 4 is 5.82 Å². The van der Waals surface area contributed by atoms with Crippen molar-refractivity contribution in [1.29, 1.82) is 0 Å². The number of halogens is 1. The van der Waals surface area contributed by atoms with Crippen LogP contribution < -0.4 is 4.90 Å². The Morgan fingerprint density at radius 3 is 2.86 bits per heavy atom. The lowest BCUT2D eigenvalue weighted by Gasteiger charge is -2.24. The minimum atomic E-state index is -0.449. The maximum atomic E-state index is 13.3. The third-order valence-corrected chi connectivity index (χ3v) is 4.14. The molecule has 3 rings (SSSR count). The lowest BCUT2D eigenvalue weighted by atomic mass is 10.0. The SMILES string of the molecule is Cc1cc(F)ccc1-c1ccnc(N2CC(O)CC2CO)c1. The van der Waals surface area contributed by atoms with Crippen molar-refractivity contribution in [2.45, 2.75) is 25.5 Å². The highest BCUT2D eigenvalue weighted by atomic mass is 19.1. The fourth-order valence-corrected chi connectivity index (χ4v) is 3.04. The third-order valence-electron chi connectivity index (χ3n) is 4.14. The van der Waals surface area contributed by atoms with Crippen LogP contribution in [0.25, 0.3) is 11.1 Å². The van der Waals surface area contributed by atoms with E-state index in [1.165, 1.54) is 12.1 Å². The fraction of sp³-hybridized carbons (Fsp3) is 0.353. The molecule has 1 aromatic carbocycles. The van der Waals surface area contributed by atoms with E-state index in [1.807, 2.05) is 24.0 Å². The van der Waals surface area contributed by atoms with Gasteiger partial charge in [0.05, 0.1) is 18.8 Å². The van der Waals surface area contributed by atoms with Crippen LogP contribution in [0.1, 0.15) is 12.0 Å². The zero-order valence-corrected chi connectivity index (χ0v) is 12.4. The number of anilines is 1. The first-order chi connectivity index (χ1) is 10.6. The molecule has 2 atom stereocenters. The third kappa shape index (κ3) is 2.82. The van der Waals surface area contributed by atoms with Crippen LogP contribution >= 0.6 is 0 Å². The van der Waals surface area contributed by atoms with Gasteiger partial charge < -0.3 is 15.1 Å². The molecule has 5 heteroatoms. The molecular weight excluding hydrogens is 283 g/mol. The maximum Gasteiger partial charge on any atom is 0.129 e. The summed E-state index contributed by atoms with van der Waals surface area (Å²) in [5.41, 5.74) is 2.75. The van der Waals surface area contributed by atoms with Gasteiger partial charge in [-0.3, -0.25) is 0 Å². The summed E-state index contributed by atoms with van der Waals surface area (Å²) in [6.07, 6.45) is 1.79. The summed E-state index contributed by atoms with van der Waals surface area (Å²) in [5, 5.41) is 19.3. The molecule has 1 saturated heterocycles. The quantitative estimate of drug-likeness (QED) is 0.912. The highest BCUT2D eigenvalue weighted by Gasteiger charge is 2.31. The first-order valence-corrected chi connectivity index (χ1v) is 7.36. The molecule has 0 spiro atoms. The van der Waals surface area contributed by atoms with E-state index in [0.29, 0.717) is 13.0 Å². The number of hydrogen-bond acceptors (Lipinski definition) is 4. The molecule has 1 aliphatic heterocycles. The van der Waals surface area contributed by atoms with Gasteiger partial charge in [0.1, 0.15) is 11.6 Å². The molecule has 0 amide bonds. The van der Waals surface area contributed by atoms with Crippen molar-refractivity contribution in [2.24, 2.45) is 0 Å². The Morgan fingerprint density at radius 2 is 2.14 bits per heavy atom. The molecule has 22 heavy (non-hydrogen) atoms. The van der Waals surface area contributed by atoms with E-state index in [-0.39, 0.29) is 18.5 Å². The van der Waals surface area contributed by atoms with Gasteiger partial charge in [-0.2, -0.15) is 0 Å². The minimum absolute atomic E-state index is 0.0153. The Bertz CT molecular complexity index is 677. The largest absolute Gasteiger partial charge is 0.394 e. The summed E-state index contributed by atoms with van der Waals surface area (Å²) >= 11 is 0. The van der Waals surface area contributed by atoms with Crippen LogP contribution in [0, 0.1) is 12.7 Å². The predicted molar refractivity (Wildman–Crippen MR) is 83.2 cm³/mol. The summed E-state index contributed by atoms with van der Waals surface area (Å²) in [5.74, 6) is 0.468. The average molecular weight is 302 g/mol. The fourth-order valence-electron chi connectivity index (χ4n) is 3.04. The molecule has 2 unspecified atom stereocenters. The average Bonchev–Trinajstić information content (AvgIpc) is 2.88. The van der Waals surface area contributed by atoms with Crippen molar-refractivity contribution in [3.05, 3.63) is 47.9 Å². The van der Waals surface area contributed by atoms with Gasteiger partial charge in [0.2, 0.25) is 0 Å². The number of β-amino-alcohol motifs (C(OH)–C–C–N with tert-alkyl or cyclic N) is 1. The van der Waals surface area contributed by atoms with Crippen LogP contribution in [0.4, 0.5) is 10.2 Å². The monoisotopic (exact) mass is 302 g/mol. The van der Waals surface area contributed by atoms with E-state index in [2.05, 4.69) is 4.98 Å². The minimum Gasteiger partial charge on any atom is -0.394 e. The van der Waals surface area contributed by atoms with Gasteiger partial charge in [0.25, 0.3) is 0 Å². The maximum absolute atomic E-state index is 13.3. The van der Waals surface area contributed by atoms with E-state index in [4.69, 9.17) is 0 Å². The molecule has 0 radical (unpaired) electrons. The van der Waals surface area contributed by atoms with E-state index in [1.54, 1.807) is 12.3 Å². The Balaban J connectivity index is 1.96. The summed E-state index contributed by atoms with van der Waals surface area (Å²) in [6, 6.07) is 8.38. The molecule has 4 nitrogen and oxygen atoms in total. The van der Waals surface area contributed by atoms with Gasteiger partial charge in [0, 0.05) is 12.7 Å². The Morgan fingerprint density at radius 1 is 1.32 bits per heavy atom. The second-order valence-electron chi connectivity index (χ2n) is 5.74. The molecule has 1 aromatic heterocycles. The number of aliphatic hydroxyl groups excluding tert-OH is 2. The number of hydrogen-bond donors (Lipinski definition) is 2. The predicted octanol–water partition coefficient (Wildman–Crippen LogP) is 2.13. The molecule has 2 aromatic rings. The number of aryl methyl sites for hydroxylation is 1. The van der Waals surface area contributed by atoms with Gasteiger partial charge in [0.15, 0.2) is 0 Å². The summed E-state index contributed by atoms with van der Waals surface area (Å²) < 4.78 is 13.3. The first-order valence-electron chi connectivity index (χ1n) is 7.36. The second kappa shape index (κ2) is 6.02. The number of pyridine rings is 1. The lowest BCUT2D eigenvalue weighted by molar-refractivity contribution is 0.184. The molecule has 0 aliphatic carbocycles. The number of benzene rings is 1. The highest BCUT2D eigenvalue weighted by molar-refractivity contribution is 5.69. The van der Waals surface area contributed by atoms with Crippen molar-refractivity contribution < 1.29 is 14.6 Å². The number of nitrogens with zero attached hydrogens (tertiary/aromatic N) is 2. The lowest BCUT2D eigenvalue weighted by Crippen LogP contribution is -2.33. The van der Waals surface area contributed by atoms with Crippen LogP contribution in [0.5, 0.6) is 0 Å². The molecular formula is C17H19FN2O2. The van der Waals surface area contributed by atoms with Gasteiger partial charge in [-0.15, -0.1) is 0 Å². The summed E-state index contributed by atoms with van der Waals surface area (Å²) in [7, 11) is 0. The highest BCUT2D eigenvalue weighted by Crippen LogP contribution is 2.29. The topological polar surface area (TPSA) is 56.6 Å². The molecule has 2 heterocycles. The standard InChI is InChI=1S/C17H19FN2O2/c1-11-6-13(18)2-3-16(11)12-4-5-19-17(7-12)20-9-15(22)8-14(20)10-21/h2-7,14-15,21-22H,8-10H2,1H3. The zero-order valence-electron chi connectivity index (χ0n) is 12.4. The van der Waals surface area contributed by atoms with E-state index in [9.17, 15) is 14.6 Å². The van der Waals surface area contributed by atoms with Gasteiger partial charge in [-0.1, -0.05) is 6.07 Å². The van der Waals surface area contributed by atoms with Crippen molar-refractivity contribution in [2.75, 3.05) is 18.1 Å². The number of aromatic nitrogens is 1. The van der Waals surface area contributed by atoms with Gasteiger partial charge in [-0.25, -0.2) is 9.37 Å². The Labute approximate surface area is 128 Å². The van der Waals surface area contributed by atoms with Crippen molar-refractivity contribution in [3.63, 3.8) is 0 Å². The van der Waals surface area contributed by atoms with Gasteiger partial charge >= 0.3 is 0 Å². The molecule has 1 aliphatic rings. The molecule has 0 bridgehead atoms. The Hall–Kier alpha value is -1.98. The molecule has 0 saturated carbocycles. The Kier molecular flexibility index (Phi) is 4.09. The number of rotatable bonds is 3. The van der Waals surface area contributed by atoms with E-state index in [0.717, 1.165) is 22.5 Å². The van der Waals surface area contributed by atoms with Gasteiger partial charge in [-0.05, 0) is 54.3 Å². The smallest absolute Gasteiger partial charge is 0.129 e. The summed E-state index contributed by atoms with van der Waals surface area (Å²) in [6.45, 7) is 2.32. The number of aliphatic hydroxyl groups is 2. The van der Waals surface area contributed by atoms with Crippen molar-refractivity contribution in [1.82, 2.24) is 4.98 Å². The molecule has 116 valence electrons. The normalized spacial score (nSPS) is 21.4. The molecule has 1 fully saturated rings. The van der Waals surface area contributed by atoms with Crippen LogP contribution in [0.15, 0.2) is 36.5 Å². The van der Waals surface area contributed by atoms with E-state index < -0.39 is 6.10 Å². The van der Waals surface area contributed by atoms with Crippen LogP contribution in [-0.2, 0) is 0 Å². The zero-order chi connectivity index (χ0) is 15.7. The van der Waals surface area contributed by atoms with Crippen LogP contribution in [-0.4, -0.2) is 40.5 Å². The summed E-state index contributed by atoms with van der Waals surface area (Å²) in [4.78, 5) is 6.28. The first kappa shape index (κ1) is 14.9.